The van der Waals surface area contributed by atoms with Crippen LogP contribution in [0.25, 0.3) is 38.3 Å². The summed E-state index contributed by atoms with van der Waals surface area (Å²) in [6.07, 6.45) is 3.48. The molecule has 0 saturated heterocycles. The molecule has 7 heteroatoms. The smallest absolute Gasteiger partial charge is 0.335 e. The summed E-state index contributed by atoms with van der Waals surface area (Å²) < 4.78 is 1.84. The maximum absolute atomic E-state index is 11.1. The fourth-order valence-corrected chi connectivity index (χ4v) is 4.10. The highest BCUT2D eigenvalue weighted by atomic mass is 16.4. The van der Waals surface area contributed by atoms with E-state index in [-0.39, 0.29) is 5.56 Å². The second kappa shape index (κ2) is 7.42. The van der Waals surface area contributed by atoms with Gasteiger partial charge in [-0.25, -0.2) is 14.5 Å². The van der Waals surface area contributed by atoms with Crippen LogP contribution in [-0.2, 0) is 0 Å². The lowest BCUT2D eigenvalue weighted by atomic mass is 10.0. The molecule has 158 valence electrons. The van der Waals surface area contributed by atoms with E-state index in [1.165, 1.54) is 12.1 Å². The number of anilines is 2. The molecule has 2 N–H and O–H groups in total. The molecule has 0 amide bonds. The Hall–Kier alpha value is -4.78. The van der Waals surface area contributed by atoms with E-state index in [0.29, 0.717) is 17.3 Å². The predicted molar refractivity (Wildman–Crippen MR) is 128 cm³/mol. The summed E-state index contributed by atoms with van der Waals surface area (Å²) >= 11 is 0. The Morgan fingerprint density at radius 3 is 2.45 bits per heavy atom. The van der Waals surface area contributed by atoms with Crippen LogP contribution >= 0.6 is 0 Å². The molecule has 0 spiro atoms. The molecular weight excluding hydrogens is 414 g/mol. The van der Waals surface area contributed by atoms with Crippen LogP contribution in [0.3, 0.4) is 0 Å². The molecule has 0 atom stereocenters. The van der Waals surface area contributed by atoms with Crippen LogP contribution in [0.1, 0.15) is 10.4 Å². The van der Waals surface area contributed by atoms with Crippen molar-refractivity contribution in [3.8, 4) is 5.69 Å². The molecule has 0 bridgehead atoms. The quantitative estimate of drug-likeness (QED) is 0.355. The van der Waals surface area contributed by atoms with Crippen molar-refractivity contribution in [2.75, 3.05) is 5.32 Å². The van der Waals surface area contributed by atoms with Crippen molar-refractivity contribution in [3.63, 3.8) is 0 Å². The second-order valence-electron chi connectivity index (χ2n) is 7.70. The highest BCUT2D eigenvalue weighted by molar-refractivity contribution is 6.11. The molecule has 0 saturated carbocycles. The summed E-state index contributed by atoms with van der Waals surface area (Å²) in [5.41, 5.74) is 2.53. The fraction of sp³-hybridized carbons (Fsp3) is 0. The normalized spacial score (nSPS) is 11.3. The number of rotatable bonds is 4. The highest BCUT2D eigenvalue weighted by Crippen LogP contribution is 2.31. The Bertz CT molecular complexity index is 1670. The third-order valence-electron chi connectivity index (χ3n) is 5.67. The lowest BCUT2D eigenvalue weighted by Gasteiger charge is -2.11. The zero-order valence-corrected chi connectivity index (χ0v) is 17.3. The first-order valence-corrected chi connectivity index (χ1v) is 10.4. The summed E-state index contributed by atoms with van der Waals surface area (Å²) in [6.45, 7) is 0. The summed E-state index contributed by atoms with van der Waals surface area (Å²) in [7, 11) is 0. The Labute approximate surface area is 188 Å². The summed E-state index contributed by atoms with van der Waals surface area (Å²) in [5.74, 6) is -0.567. The van der Waals surface area contributed by atoms with Crippen LogP contribution in [0.2, 0.25) is 0 Å². The van der Waals surface area contributed by atoms with Crippen molar-refractivity contribution in [2.24, 2.45) is 0 Å². The van der Waals surface area contributed by atoms with Crippen LogP contribution < -0.4 is 5.32 Å². The number of carboxylic acid groups (broad SMARTS) is 1. The second-order valence-corrected chi connectivity index (χ2v) is 7.70. The van der Waals surface area contributed by atoms with Crippen molar-refractivity contribution in [3.05, 3.63) is 96.8 Å². The van der Waals surface area contributed by atoms with Gasteiger partial charge >= 0.3 is 5.97 Å². The van der Waals surface area contributed by atoms with Crippen molar-refractivity contribution >= 4 is 50.2 Å². The van der Waals surface area contributed by atoms with Gasteiger partial charge in [0.2, 0.25) is 5.95 Å². The largest absolute Gasteiger partial charge is 0.478 e. The predicted octanol–water partition coefficient (Wildman–Crippen LogP) is 5.56. The standard InChI is InChI=1S/C26H17N5O2/c32-25(33)18-10-12-20(13-11-18)29-26-27-14-19-15-28-31(24(19)30-26)22-7-3-5-17-9-8-16-4-1-2-6-21(16)23(17)22/h1-15H,(H,32,33)(H,27,29,30). The van der Waals surface area contributed by atoms with Crippen molar-refractivity contribution < 1.29 is 9.90 Å². The van der Waals surface area contributed by atoms with Gasteiger partial charge in [0.1, 0.15) is 0 Å². The zero-order valence-electron chi connectivity index (χ0n) is 17.3. The minimum atomic E-state index is -0.967. The first-order valence-electron chi connectivity index (χ1n) is 10.4. The number of aromatic carboxylic acids is 1. The van der Waals surface area contributed by atoms with Gasteiger partial charge in [-0.1, -0.05) is 48.5 Å². The van der Waals surface area contributed by atoms with Gasteiger partial charge in [-0.15, -0.1) is 0 Å². The number of carboxylic acids is 1. The van der Waals surface area contributed by atoms with Crippen LogP contribution in [0.5, 0.6) is 0 Å². The Morgan fingerprint density at radius 1 is 0.818 bits per heavy atom. The SMILES string of the molecule is O=C(O)c1ccc(Nc2ncc3cnn(-c4cccc5ccc6ccccc6c45)c3n2)cc1. The van der Waals surface area contributed by atoms with Crippen molar-refractivity contribution in [1.29, 1.82) is 0 Å². The van der Waals surface area contributed by atoms with E-state index in [1.54, 1.807) is 24.5 Å². The van der Waals surface area contributed by atoms with Gasteiger partial charge in [0.05, 0.1) is 22.8 Å². The summed E-state index contributed by atoms with van der Waals surface area (Å²) in [5, 5.41) is 22.2. The van der Waals surface area contributed by atoms with Crippen LogP contribution in [0.15, 0.2) is 91.3 Å². The van der Waals surface area contributed by atoms with E-state index in [2.05, 4.69) is 45.7 Å². The van der Waals surface area contributed by atoms with Crippen LogP contribution in [0, 0.1) is 0 Å². The summed E-state index contributed by atoms with van der Waals surface area (Å²) in [4.78, 5) is 20.2. The molecule has 0 aliphatic carbocycles. The van der Waals surface area contributed by atoms with Crippen LogP contribution in [0.4, 0.5) is 11.6 Å². The molecule has 0 fully saturated rings. The van der Waals surface area contributed by atoms with E-state index in [1.807, 2.05) is 28.9 Å². The number of nitrogens with zero attached hydrogens (tertiary/aromatic N) is 4. The number of nitrogens with one attached hydrogen (secondary N) is 1. The minimum Gasteiger partial charge on any atom is -0.478 e. The van der Waals surface area contributed by atoms with E-state index in [4.69, 9.17) is 10.1 Å². The zero-order chi connectivity index (χ0) is 22.4. The molecule has 7 nitrogen and oxygen atoms in total. The molecule has 0 unspecified atom stereocenters. The third-order valence-corrected chi connectivity index (χ3v) is 5.67. The maximum atomic E-state index is 11.1. The lowest BCUT2D eigenvalue weighted by Crippen LogP contribution is -2.02. The third kappa shape index (κ3) is 3.23. The molecule has 0 aliphatic heterocycles. The van der Waals surface area contributed by atoms with Crippen molar-refractivity contribution in [2.45, 2.75) is 0 Å². The van der Waals surface area contributed by atoms with Gasteiger partial charge in [0, 0.05) is 17.3 Å². The minimum absolute atomic E-state index is 0.221. The first-order chi connectivity index (χ1) is 16.2. The van der Waals surface area contributed by atoms with E-state index in [0.717, 1.165) is 32.6 Å². The summed E-state index contributed by atoms with van der Waals surface area (Å²) in [6, 6.07) is 25.2. The van der Waals surface area contributed by atoms with E-state index in [9.17, 15) is 4.79 Å². The number of benzene rings is 4. The number of aromatic nitrogens is 4. The maximum Gasteiger partial charge on any atom is 0.335 e. The fourth-order valence-electron chi connectivity index (χ4n) is 4.10. The van der Waals surface area contributed by atoms with Gasteiger partial charge in [-0.2, -0.15) is 10.1 Å². The molecule has 4 aromatic carbocycles. The van der Waals surface area contributed by atoms with E-state index >= 15 is 0 Å². The average Bonchev–Trinajstić information content (AvgIpc) is 3.27. The highest BCUT2D eigenvalue weighted by Gasteiger charge is 2.13. The Kier molecular flexibility index (Phi) is 4.26. The average molecular weight is 431 g/mol. The molecule has 6 rings (SSSR count). The molecular formula is C26H17N5O2. The molecule has 33 heavy (non-hydrogen) atoms. The molecule has 0 aliphatic rings. The molecule has 2 heterocycles. The Morgan fingerprint density at radius 2 is 1.61 bits per heavy atom. The van der Waals surface area contributed by atoms with Crippen LogP contribution in [-0.4, -0.2) is 30.8 Å². The van der Waals surface area contributed by atoms with Crippen molar-refractivity contribution in [1.82, 2.24) is 19.7 Å². The monoisotopic (exact) mass is 431 g/mol. The van der Waals surface area contributed by atoms with Gasteiger partial charge in [0.15, 0.2) is 5.65 Å². The van der Waals surface area contributed by atoms with Gasteiger partial charge in [-0.3, -0.25) is 0 Å². The number of fused-ring (bicyclic) bond motifs is 4. The number of carbonyl (C=O) groups is 1. The number of hydrogen-bond acceptors (Lipinski definition) is 5. The van der Waals surface area contributed by atoms with Gasteiger partial charge < -0.3 is 10.4 Å². The van der Waals surface area contributed by atoms with E-state index < -0.39 is 5.97 Å². The topological polar surface area (TPSA) is 92.9 Å². The lowest BCUT2D eigenvalue weighted by molar-refractivity contribution is 0.0697. The molecule has 0 radical (unpaired) electrons. The van der Waals surface area contributed by atoms with Gasteiger partial charge in [-0.05, 0) is 46.5 Å². The Balaban J connectivity index is 1.48. The molecule has 6 aromatic rings. The van der Waals surface area contributed by atoms with Gasteiger partial charge in [0.25, 0.3) is 0 Å². The first kappa shape index (κ1) is 18.9. The number of hydrogen-bond donors (Lipinski definition) is 2. The molecule has 2 aromatic heterocycles.